The van der Waals surface area contributed by atoms with E-state index < -0.39 is 0 Å². The molecule has 0 bridgehead atoms. The summed E-state index contributed by atoms with van der Waals surface area (Å²) in [5, 5.41) is 5.58. The van der Waals surface area contributed by atoms with Gasteiger partial charge in [-0.15, -0.1) is 11.3 Å². The molecule has 4 nitrogen and oxygen atoms in total. The topological polar surface area (TPSA) is 33.7 Å². The van der Waals surface area contributed by atoms with E-state index in [4.69, 9.17) is 9.47 Å². The Balaban J connectivity index is 1.96. The summed E-state index contributed by atoms with van der Waals surface area (Å²) in [4.78, 5) is 3.91. The number of methoxy groups -OCH3 is 1. The van der Waals surface area contributed by atoms with Crippen molar-refractivity contribution < 1.29 is 9.47 Å². The molecule has 0 spiro atoms. The van der Waals surface area contributed by atoms with Crippen LogP contribution in [0.15, 0.2) is 35.7 Å². The van der Waals surface area contributed by atoms with Crippen LogP contribution in [-0.2, 0) is 0 Å². The van der Waals surface area contributed by atoms with Crippen LogP contribution in [0.4, 0.5) is 0 Å². The van der Waals surface area contributed by atoms with Crippen LogP contribution in [0.1, 0.15) is 23.4 Å². The van der Waals surface area contributed by atoms with E-state index in [0.717, 1.165) is 37.7 Å². The Morgan fingerprint density at radius 1 is 1.22 bits per heavy atom. The second-order valence-electron chi connectivity index (χ2n) is 5.55. The maximum Gasteiger partial charge on any atom is 0.161 e. The number of hydrogen-bond donors (Lipinski definition) is 1. The van der Waals surface area contributed by atoms with E-state index in [1.165, 1.54) is 10.4 Å². The van der Waals surface area contributed by atoms with Crippen LogP contribution in [0.5, 0.6) is 11.5 Å². The molecule has 1 saturated heterocycles. The van der Waals surface area contributed by atoms with Gasteiger partial charge in [0.05, 0.1) is 19.8 Å². The monoisotopic (exact) mass is 332 g/mol. The average Bonchev–Trinajstić information content (AvgIpc) is 3.11. The van der Waals surface area contributed by atoms with Crippen molar-refractivity contribution in [1.82, 2.24) is 10.2 Å². The summed E-state index contributed by atoms with van der Waals surface area (Å²) in [7, 11) is 1.70. The first kappa shape index (κ1) is 16.3. The van der Waals surface area contributed by atoms with E-state index in [1.54, 1.807) is 7.11 Å². The second kappa shape index (κ2) is 7.81. The van der Waals surface area contributed by atoms with Crippen molar-refractivity contribution in [2.24, 2.45) is 0 Å². The average molecular weight is 332 g/mol. The van der Waals surface area contributed by atoms with Gasteiger partial charge in [0, 0.05) is 31.1 Å². The number of thiophene rings is 1. The number of rotatable bonds is 6. The second-order valence-corrected chi connectivity index (χ2v) is 6.53. The molecule has 0 unspecified atom stereocenters. The van der Waals surface area contributed by atoms with Gasteiger partial charge in [-0.2, -0.15) is 0 Å². The molecule has 1 aliphatic heterocycles. The lowest BCUT2D eigenvalue weighted by molar-refractivity contribution is 0.200. The number of piperazine rings is 1. The van der Waals surface area contributed by atoms with Crippen LogP contribution in [-0.4, -0.2) is 44.8 Å². The molecule has 2 heterocycles. The van der Waals surface area contributed by atoms with E-state index in [9.17, 15) is 0 Å². The third kappa shape index (κ3) is 3.68. The fourth-order valence-corrected chi connectivity index (χ4v) is 3.96. The van der Waals surface area contributed by atoms with Crippen molar-refractivity contribution in [2.45, 2.75) is 13.0 Å². The fraction of sp³-hybridized carbons (Fsp3) is 0.444. The molecule has 2 aromatic rings. The summed E-state index contributed by atoms with van der Waals surface area (Å²) in [5.74, 6) is 1.62. The molecule has 3 rings (SSSR count). The summed E-state index contributed by atoms with van der Waals surface area (Å²) in [6, 6.07) is 10.9. The minimum atomic E-state index is 0.279. The van der Waals surface area contributed by atoms with Gasteiger partial charge < -0.3 is 14.8 Å². The van der Waals surface area contributed by atoms with E-state index >= 15 is 0 Å². The summed E-state index contributed by atoms with van der Waals surface area (Å²) in [6.45, 7) is 6.81. The van der Waals surface area contributed by atoms with Crippen LogP contribution >= 0.6 is 11.3 Å². The summed E-state index contributed by atoms with van der Waals surface area (Å²) >= 11 is 1.81. The van der Waals surface area contributed by atoms with E-state index in [0.29, 0.717) is 6.61 Å². The Bertz CT molecular complexity index is 609. The number of benzene rings is 1. The van der Waals surface area contributed by atoms with Crippen LogP contribution < -0.4 is 14.8 Å². The van der Waals surface area contributed by atoms with Gasteiger partial charge in [-0.05, 0) is 36.1 Å². The van der Waals surface area contributed by atoms with Gasteiger partial charge in [-0.25, -0.2) is 0 Å². The predicted octanol–water partition coefficient (Wildman–Crippen LogP) is 3.15. The Morgan fingerprint density at radius 3 is 2.70 bits per heavy atom. The van der Waals surface area contributed by atoms with Crippen molar-refractivity contribution in [1.29, 1.82) is 0 Å². The molecular weight excluding hydrogens is 308 g/mol. The van der Waals surface area contributed by atoms with Crippen LogP contribution in [0.2, 0.25) is 0 Å². The van der Waals surface area contributed by atoms with Crippen LogP contribution in [0.3, 0.4) is 0 Å². The molecule has 23 heavy (non-hydrogen) atoms. The van der Waals surface area contributed by atoms with E-state index in [-0.39, 0.29) is 6.04 Å². The van der Waals surface area contributed by atoms with Crippen LogP contribution in [0, 0.1) is 0 Å². The molecule has 1 fully saturated rings. The number of nitrogens with one attached hydrogen (secondary N) is 1. The summed E-state index contributed by atoms with van der Waals surface area (Å²) < 4.78 is 11.2. The molecule has 124 valence electrons. The van der Waals surface area contributed by atoms with Crippen molar-refractivity contribution in [3.05, 3.63) is 46.2 Å². The highest BCUT2D eigenvalue weighted by Crippen LogP contribution is 2.37. The maximum atomic E-state index is 5.65. The highest BCUT2D eigenvalue weighted by molar-refractivity contribution is 7.10. The number of hydrogen-bond acceptors (Lipinski definition) is 5. The quantitative estimate of drug-likeness (QED) is 0.881. The molecule has 0 saturated carbocycles. The summed E-state index contributed by atoms with van der Waals surface area (Å²) in [5.41, 5.74) is 1.26. The lowest BCUT2D eigenvalue weighted by atomic mass is 10.0. The van der Waals surface area contributed by atoms with Gasteiger partial charge in [0.15, 0.2) is 11.5 Å². The standard InChI is InChI=1S/C18H24N2O2S/c1-3-22-15-7-6-14(13-16(15)21-2)18(17-5-4-12-23-17)20-10-8-19-9-11-20/h4-7,12-13,18-19H,3,8-11H2,1-2H3/t18-/m0/s1. The van der Waals surface area contributed by atoms with E-state index in [2.05, 4.69) is 39.9 Å². The summed E-state index contributed by atoms with van der Waals surface area (Å²) in [6.07, 6.45) is 0. The molecule has 5 heteroatoms. The Morgan fingerprint density at radius 2 is 2.04 bits per heavy atom. The number of nitrogens with zero attached hydrogens (tertiary/aromatic N) is 1. The normalized spacial score (nSPS) is 17.0. The van der Waals surface area contributed by atoms with Crippen molar-refractivity contribution in [2.75, 3.05) is 39.9 Å². The van der Waals surface area contributed by atoms with Crippen molar-refractivity contribution in [3.63, 3.8) is 0 Å². The zero-order chi connectivity index (χ0) is 16.1. The first-order chi connectivity index (χ1) is 11.3. The zero-order valence-electron chi connectivity index (χ0n) is 13.7. The zero-order valence-corrected chi connectivity index (χ0v) is 14.6. The Labute approximate surface area is 142 Å². The smallest absolute Gasteiger partial charge is 0.161 e. The lowest BCUT2D eigenvalue weighted by Crippen LogP contribution is -2.45. The molecule has 1 aliphatic rings. The fourth-order valence-electron chi connectivity index (χ4n) is 3.07. The third-order valence-corrected chi connectivity index (χ3v) is 5.06. The minimum Gasteiger partial charge on any atom is -0.493 e. The minimum absolute atomic E-state index is 0.279. The first-order valence-electron chi connectivity index (χ1n) is 8.12. The largest absolute Gasteiger partial charge is 0.493 e. The molecule has 0 radical (unpaired) electrons. The molecule has 0 aliphatic carbocycles. The Kier molecular flexibility index (Phi) is 5.54. The SMILES string of the molecule is CCOc1ccc([C@@H](c2cccs2)N2CCNCC2)cc1OC. The molecule has 0 amide bonds. The van der Waals surface area contributed by atoms with Gasteiger partial charge in [-0.1, -0.05) is 12.1 Å². The van der Waals surface area contributed by atoms with Gasteiger partial charge in [0.25, 0.3) is 0 Å². The van der Waals surface area contributed by atoms with Crippen LogP contribution in [0.25, 0.3) is 0 Å². The van der Waals surface area contributed by atoms with Gasteiger partial charge >= 0.3 is 0 Å². The lowest BCUT2D eigenvalue weighted by Gasteiger charge is -2.35. The first-order valence-corrected chi connectivity index (χ1v) is 9.00. The molecule has 1 aromatic carbocycles. The molecule has 1 N–H and O–H groups in total. The Hall–Kier alpha value is -1.56. The molecule has 1 atom stereocenters. The van der Waals surface area contributed by atoms with Crippen molar-refractivity contribution >= 4 is 11.3 Å². The highest BCUT2D eigenvalue weighted by atomic mass is 32.1. The van der Waals surface area contributed by atoms with Gasteiger partial charge in [0.1, 0.15) is 0 Å². The highest BCUT2D eigenvalue weighted by Gasteiger charge is 2.25. The maximum absolute atomic E-state index is 5.65. The predicted molar refractivity (Wildman–Crippen MR) is 94.8 cm³/mol. The van der Waals surface area contributed by atoms with Gasteiger partial charge in [-0.3, -0.25) is 4.90 Å². The molecular formula is C18H24N2O2S. The van der Waals surface area contributed by atoms with Crippen molar-refractivity contribution in [3.8, 4) is 11.5 Å². The van der Waals surface area contributed by atoms with Gasteiger partial charge in [0.2, 0.25) is 0 Å². The molecule has 1 aromatic heterocycles. The third-order valence-electron chi connectivity index (χ3n) is 4.13. The van der Waals surface area contributed by atoms with E-state index in [1.807, 2.05) is 24.3 Å². The number of ether oxygens (including phenoxy) is 2.